The van der Waals surface area contributed by atoms with E-state index in [-0.39, 0.29) is 11.8 Å². The Morgan fingerprint density at radius 2 is 1.94 bits per heavy atom. The van der Waals surface area contributed by atoms with Crippen LogP contribution in [0.1, 0.15) is 16.8 Å². The summed E-state index contributed by atoms with van der Waals surface area (Å²) in [6, 6.07) is 7.33. The van der Waals surface area contributed by atoms with Crippen LogP contribution >= 0.6 is 23.2 Å². The molecule has 2 aliphatic rings. The molecule has 0 saturated carbocycles. The summed E-state index contributed by atoms with van der Waals surface area (Å²) in [5, 5.41) is 9.11. The van der Waals surface area contributed by atoms with Crippen LogP contribution in [0.4, 0.5) is 5.82 Å². The van der Waals surface area contributed by atoms with Gasteiger partial charge in [0.1, 0.15) is 5.82 Å². The number of fused-ring (bicyclic) bond motifs is 2. The quantitative estimate of drug-likeness (QED) is 0.650. The molecule has 0 spiro atoms. The zero-order chi connectivity index (χ0) is 21.5. The van der Waals surface area contributed by atoms with Crippen molar-refractivity contribution in [3.05, 3.63) is 57.3 Å². The fourth-order valence-electron chi connectivity index (χ4n) is 4.51. The minimum absolute atomic E-state index is 0.0435. The van der Waals surface area contributed by atoms with Gasteiger partial charge in [0.25, 0.3) is 0 Å². The molecule has 3 aromatic rings. The molecule has 9 heteroatoms. The van der Waals surface area contributed by atoms with Crippen molar-refractivity contribution in [2.45, 2.75) is 19.4 Å². The first-order chi connectivity index (χ1) is 15.0. The lowest BCUT2D eigenvalue weighted by molar-refractivity contribution is -0.135. The van der Waals surface area contributed by atoms with E-state index in [1.807, 2.05) is 29.8 Å². The van der Waals surface area contributed by atoms with E-state index >= 15 is 0 Å². The first kappa shape index (κ1) is 20.5. The maximum absolute atomic E-state index is 13.0. The normalized spacial score (nSPS) is 16.7. The van der Waals surface area contributed by atoms with Crippen molar-refractivity contribution in [2.75, 3.05) is 38.1 Å². The highest BCUT2D eigenvalue weighted by Gasteiger charge is 2.37. The summed E-state index contributed by atoms with van der Waals surface area (Å²) in [7, 11) is 1.83. The van der Waals surface area contributed by atoms with Gasteiger partial charge in [-0.15, -0.1) is 0 Å². The van der Waals surface area contributed by atoms with Crippen molar-refractivity contribution in [2.24, 2.45) is 5.92 Å². The number of nitrogens with zero attached hydrogens (tertiary/aromatic N) is 5. The summed E-state index contributed by atoms with van der Waals surface area (Å²) in [6.07, 6.45) is 3.61. The number of anilines is 1. The lowest BCUT2D eigenvalue weighted by Crippen LogP contribution is -2.54. The number of carbonyl (C=O) groups is 1. The Labute approximate surface area is 190 Å². The van der Waals surface area contributed by atoms with Crippen molar-refractivity contribution < 1.29 is 4.79 Å². The van der Waals surface area contributed by atoms with Crippen LogP contribution in [0.3, 0.4) is 0 Å². The molecule has 1 amide bonds. The number of hydrogen-bond donors (Lipinski definition) is 1. The average Bonchev–Trinajstić information content (AvgIpc) is 3.02. The Morgan fingerprint density at radius 1 is 1.19 bits per heavy atom. The second-order valence-corrected chi connectivity index (χ2v) is 9.16. The third-order valence-corrected chi connectivity index (χ3v) is 6.47. The summed E-state index contributed by atoms with van der Waals surface area (Å²) in [5.74, 6) is 1.17. The number of hydrogen-bond acceptors (Lipinski definition) is 5. The van der Waals surface area contributed by atoms with Crippen molar-refractivity contribution >= 4 is 40.6 Å². The van der Waals surface area contributed by atoms with Gasteiger partial charge >= 0.3 is 0 Å². The smallest absolute Gasteiger partial charge is 0.229 e. The van der Waals surface area contributed by atoms with Crippen molar-refractivity contribution in [1.82, 2.24) is 24.8 Å². The van der Waals surface area contributed by atoms with Gasteiger partial charge < -0.3 is 15.1 Å². The molecular weight excluding hydrogens is 435 g/mol. The molecule has 1 N–H and O–H groups in total. The lowest BCUT2D eigenvalue weighted by atomic mass is 9.96. The second-order valence-electron chi connectivity index (χ2n) is 8.29. The van der Waals surface area contributed by atoms with E-state index in [2.05, 4.69) is 15.3 Å². The molecule has 5 rings (SSSR count). The minimum Gasteiger partial charge on any atom is -0.354 e. The van der Waals surface area contributed by atoms with Crippen molar-refractivity contribution in [3.63, 3.8) is 0 Å². The van der Waals surface area contributed by atoms with Gasteiger partial charge in [0.05, 0.1) is 17.8 Å². The molecule has 4 heterocycles. The van der Waals surface area contributed by atoms with E-state index in [1.54, 1.807) is 17.2 Å². The summed E-state index contributed by atoms with van der Waals surface area (Å²) < 4.78 is 1.92. The van der Waals surface area contributed by atoms with E-state index in [0.717, 1.165) is 48.7 Å². The van der Waals surface area contributed by atoms with Crippen molar-refractivity contribution in [1.29, 1.82) is 0 Å². The van der Waals surface area contributed by atoms with Crippen molar-refractivity contribution in [3.8, 4) is 0 Å². The summed E-state index contributed by atoms with van der Waals surface area (Å²) in [4.78, 5) is 21.9. The SMILES string of the molecule is CN(Cc1cc(Cl)cc(Cl)c1)C(=O)C1CN(c2c3c(nc4ccnn24)CCNCC3)C1. The Hall–Kier alpha value is -2.35. The Bertz CT molecular complexity index is 1120. The van der Waals surface area contributed by atoms with Gasteiger partial charge in [0.2, 0.25) is 5.91 Å². The molecule has 1 aromatic carbocycles. The zero-order valence-corrected chi connectivity index (χ0v) is 18.8. The van der Waals surface area contributed by atoms with Gasteiger partial charge in [-0.3, -0.25) is 4.79 Å². The summed E-state index contributed by atoms with van der Waals surface area (Å²) in [5.41, 5.74) is 4.17. The van der Waals surface area contributed by atoms with Gasteiger partial charge in [0.15, 0.2) is 5.65 Å². The lowest BCUT2D eigenvalue weighted by Gasteiger charge is -2.42. The molecule has 162 valence electrons. The summed E-state index contributed by atoms with van der Waals surface area (Å²) >= 11 is 12.2. The third kappa shape index (κ3) is 3.97. The number of carbonyl (C=O) groups excluding carboxylic acids is 1. The first-order valence-corrected chi connectivity index (χ1v) is 11.3. The Morgan fingerprint density at radius 3 is 2.71 bits per heavy atom. The number of halogens is 2. The first-order valence-electron chi connectivity index (χ1n) is 10.5. The number of nitrogens with one attached hydrogen (secondary N) is 1. The van der Waals surface area contributed by atoms with Crippen LogP contribution < -0.4 is 10.2 Å². The topological polar surface area (TPSA) is 65.8 Å². The van der Waals surface area contributed by atoms with E-state index < -0.39 is 0 Å². The van der Waals surface area contributed by atoms with Crippen LogP contribution in [-0.4, -0.2) is 58.6 Å². The van der Waals surface area contributed by atoms with Gasteiger partial charge in [-0.25, -0.2) is 4.98 Å². The Balaban J connectivity index is 1.32. The highest BCUT2D eigenvalue weighted by Crippen LogP contribution is 2.32. The molecule has 0 radical (unpaired) electrons. The molecule has 7 nitrogen and oxygen atoms in total. The number of aromatic nitrogens is 3. The predicted octanol–water partition coefficient (Wildman–Crippen LogP) is 2.82. The van der Waals surface area contributed by atoms with Gasteiger partial charge in [0, 0.05) is 61.3 Å². The largest absolute Gasteiger partial charge is 0.354 e. The molecule has 2 aromatic heterocycles. The molecular formula is C22H24Cl2N6O. The molecule has 0 atom stereocenters. The molecule has 0 aliphatic carbocycles. The fraction of sp³-hybridized carbons (Fsp3) is 0.409. The highest BCUT2D eigenvalue weighted by molar-refractivity contribution is 6.34. The minimum atomic E-state index is -0.0435. The van der Waals surface area contributed by atoms with Crippen LogP contribution in [0, 0.1) is 5.92 Å². The maximum Gasteiger partial charge on any atom is 0.229 e. The van der Waals surface area contributed by atoms with Gasteiger partial charge in [-0.2, -0.15) is 9.61 Å². The van der Waals surface area contributed by atoms with Gasteiger partial charge in [-0.05, 0) is 36.7 Å². The zero-order valence-electron chi connectivity index (χ0n) is 17.3. The molecule has 0 unspecified atom stereocenters. The predicted molar refractivity (Wildman–Crippen MR) is 122 cm³/mol. The van der Waals surface area contributed by atoms with E-state index in [4.69, 9.17) is 28.2 Å². The van der Waals surface area contributed by atoms with Crippen LogP contribution in [0.5, 0.6) is 0 Å². The van der Waals surface area contributed by atoms with E-state index in [0.29, 0.717) is 29.7 Å². The fourth-order valence-corrected chi connectivity index (χ4v) is 5.08. The highest BCUT2D eigenvalue weighted by atomic mass is 35.5. The summed E-state index contributed by atoms with van der Waals surface area (Å²) in [6.45, 7) is 3.70. The number of amides is 1. The standard InChI is InChI=1S/C22H24Cl2N6O/c1-28(11-14-8-16(23)10-17(24)9-14)22(31)15-12-29(13-15)21-18-2-5-25-6-3-19(18)27-20-4-7-26-30(20)21/h4,7-10,15,25H,2-3,5-6,11-13H2,1H3. The molecule has 1 saturated heterocycles. The second kappa shape index (κ2) is 8.30. The molecule has 31 heavy (non-hydrogen) atoms. The third-order valence-electron chi connectivity index (χ3n) is 6.03. The number of rotatable bonds is 4. The van der Waals surface area contributed by atoms with Crippen LogP contribution in [0.25, 0.3) is 5.65 Å². The van der Waals surface area contributed by atoms with Crippen LogP contribution in [0.15, 0.2) is 30.5 Å². The molecule has 2 aliphatic heterocycles. The van der Waals surface area contributed by atoms with Crippen LogP contribution in [0.2, 0.25) is 10.0 Å². The van der Waals surface area contributed by atoms with Crippen LogP contribution in [-0.2, 0) is 24.2 Å². The number of benzene rings is 1. The maximum atomic E-state index is 13.0. The molecule has 1 fully saturated rings. The monoisotopic (exact) mass is 458 g/mol. The molecule has 0 bridgehead atoms. The van der Waals surface area contributed by atoms with E-state index in [1.165, 1.54) is 5.56 Å². The average molecular weight is 459 g/mol. The Kier molecular flexibility index (Phi) is 5.50. The van der Waals surface area contributed by atoms with E-state index in [9.17, 15) is 4.79 Å². The van der Waals surface area contributed by atoms with Gasteiger partial charge in [-0.1, -0.05) is 23.2 Å².